The van der Waals surface area contributed by atoms with Gasteiger partial charge in [0.1, 0.15) is 0 Å². The maximum atomic E-state index is 4.01. The molecule has 2 rings (SSSR count). The zero-order valence-electron chi connectivity index (χ0n) is 9.78. The molecule has 0 radical (unpaired) electrons. The summed E-state index contributed by atoms with van der Waals surface area (Å²) >= 11 is 3.51. The van der Waals surface area contributed by atoms with Gasteiger partial charge in [0.05, 0.1) is 6.33 Å². The van der Waals surface area contributed by atoms with Gasteiger partial charge in [-0.3, -0.25) is 0 Å². The lowest BCUT2D eigenvalue weighted by Crippen LogP contribution is -2.20. The summed E-state index contributed by atoms with van der Waals surface area (Å²) in [4.78, 5) is 7.11. The number of halogens is 1. The average molecular weight is 294 g/mol. The maximum Gasteiger partial charge on any atom is 0.0922 e. The van der Waals surface area contributed by atoms with Gasteiger partial charge in [0, 0.05) is 29.0 Å². The van der Waals surface area contributed by atoms with E-state index in [0.717, 1.165) is 23.1 Å². The van der Waals surface area contributed by atoms with E-state index >= 15 is 0 Å². The summed E-state index contributed by atoms with van der Waals surface area (Å²) in [5, 5.41) is 3.52. The van der Waals surface area contributed by atoms with E-state index in [-0.39, 0.29) is 0 Å². The summed E-state index contributed by atoms with van der Waals surface area (Å²) in [5.74, 6) is 0. The van der Waals surface area contributed by atoms with Crippen LogP contribution < -0.4 is 5.32 Å². The number of aromatic nitrogens is 2. The molecular formula is C13H16BrN3. The molecular weight excluding hydrogens is 278 g/mol. The third-order valence-electron chi connectivity index (χ3n) is 2.75. The molecule has 2 aromatic rings. The standard InChI is InChI=1S/C13H16BrN3/c1-2-13(10-4-3-5-11(14)6-10)16-8-12-7-15-9-17-12/h3-7,9,13,16H,2,8H2,1H3,(H,15,17). The molecule has 0 aliphatic heterocycles. The van der Waals surface area contributed by atoms with Crippen LogP contribution in [0, 0.1) is 0 Å². The predicted octanol–water partition coefficient (Wildman–Crippen LogP) is 3.41. The minimum absolute atomic E-state index is 0.371. The molecule has 90 valence electrons. The summed E-state index contributed by atoms with van der Waals surface area (Å²) in [6, 6.07) is 8.80. The smallest absolute Gasteiger partial charge is 0.0922 e. The first kappa shape index (κ1) is 12.3. The normalized spacial score (nSPS) is 12.6. The summed E-state index contributed by atoms with van der Waals surface area (Å²) < 4.78 is 1.12. The van der Waals surface area contributed by atoms with Gasteiger partial charge in [-0.2, -0.15) is 0 Å². The van der Waals surface area contributed by atoms with E-state index in [1.807, 2.05) is 12.3 Å². The highest BCUT2D eigenvalue weighted by molar-refractivity contribution is 9.10. The van der Waals surface area contributed by atoms with Crippen molar-refractivity contribution in [3.63, 3.8) is 0 Å². The lowest BCUT2D eigenvalue weighted by atomic mass is 10.0. The molecule has 1 atom stereocenters. The number of H-pyrrole nitrogens is 1. The van der Waals surface area contributed by atoms with E-state index in [0.29, 0.717) is 6.04 Å². The first-order valence-electron chi connectivity index (χ1n) is 5.75. The minimum Gasteiger partial charge on any atom is -0.347 e. The third-order valence-corrected chi connectivity index (χ3v) is 3.25. The zero-order chi connectivity index (χ0) is 12.1. The monoisotopic (exact) mass is 293 g/mol. The van der Waals surface area contributed by atoms with E-state index in [4.69, 9.17) is 0 Å². The molecule has 3 nitrogen and oxygen atoms in total. The van der Waals surface area contributed by atoms with Gasteiger partial charge in [-0.15, -0.1) is 0 Å². The van der Waals surface area contributed by atoms with Gasteiger partial charge in [-0.1, -0.05) is 35.0 Å². The summed E-state index contributed by atoms with van der Waals surface area (Å²) in [6.45, 7) is 3.00. The number of aromatic amines is 1. The number of hydrogen-bond donors (Lipinski definition) is 2. The number of rotatable bonds is 5. The van der Waals surface area contributed by atoms with Crippen molar-refractivity contribution in [2.24, 2.45) is 0 Å². The Balaban J connectivity index is 2.01. The Hall–Kier alpha value is -1.13. The van der Waals surface area contributed by atoms with Crippen LogP contribution in [0.25, 0.3) is 0 Å². The van der Waals surface area contributed by atoms with Crippen LogP contribution in [-0.2, 0) is 6.54 Å². The van der Waals surface area contributed by atoms with E-state index in [9.17, 15) is 0 Å². The van der Waals surface area contributed by atoms with Crippen molar-refractivity contribution in [1.82, 2.24) is 15.3 Å². The average Bonchev–Trinajstić information content (AvgIpc) is 2.83. The Morgan fingerprint density at radius 3 is 3.00 bits per heavy atom. The van der Waals surface area contributed by atoms with Crippen molar-refractivity contribution in [3.8, 4) is 0 Å². The van der Waals surface area contributed by atoms with E-state index in [2.05, 4.69) is 56.3 Å². The number of hydrogen-bond acceptors (Lipinski definition) is 2. The lowest BCUT2D eigenvalue weighted by molar-refractivity contribution is 0.515. The van der Waals surface area contributed by atoms with Crippen molar-refractivity contribution in [3.05, 3.63) is 52.5 Å². The van der Waals surface area contributed by atoms with Crippen LogP contribution in [0.4, 0.5) is 0 Å². The van der Waals surface area contributed by atoms with Gasteiger partial charge >= 0.3 is 0 Å². The summed E-state index contributed by atoms with van der Waals surface area (Å²) in [7, 11) is 0. The maximum absolute atomic E-state index is 4.01. The first-order valence-corrected chi connectivity index (χ1v) is 6.55. The molecule has 0 bridgehead atoms. The summed E-state index contributed by atoms with van der Waals surface area (Å²) in [5.41, 5.74) is 2.42. The Morgan fingerprint density at radius 2 is 2.35 bits per heavy atom. The fraction of sp³-hybridized carbons (Fsp3) is 0.308. The number of imidazole rings is 1. The largest absolute Gasteiger partial charge is 0.347 e. The van der Waals surface area contributed by atoms with Crippen LogP contribution in [-0.4, -0.2) is 9.97 Å². The molecule has 0 spiro atoms. The second-order valence-electron chi connectivity index (χ2n) is 3.97. The van der Waals surface area contributed by atoms with Gasteiger partial charge in [-0.05, 0) is 24.1 Å². The second-order valence-corrected chi connectivity index (χ2v) is 4.89. The number of nitrogens with zero attached hydrogens (tertiary/aromatic N) is 1. The van der Waals surface area contributed by atoms with Gasteiger partial charge in [-0.25, -0.2) is 4.98 Å². The number of benzene rings is 1. The third kappa shape index (κ3) is 3.41. The van der Waals surface area contributed by atoms with Gasteiger partial charge in [0.25, 0.3) is 0 Å². The van der Waals surface area contributed by atoms with Gasteiger partial charge in [0.15, 0.2) is 0 Å². The van der Waals surface area contributed by atoms with Gasteiger partial charge in [0.2, 0.25) is 0 Å². The van der Waals surface area contributed by atoms with Crippen LogP contribution in [0.2, 0.25) is 0 Å². The van der Waals surface area contributed by atoms with Crippen molar-refractivity contribution in [2.45, 2.75) is 25.9 Å². The van der Waals surface area contributed by atoms with E-state index in [1.165, 1.54) is 5.56 Å². The van der Waals surface area contributed by atoms with Crippen LogP contribution >= 0.6 is 15.9 Å². The Morgan fingerprint density at radius 1 is 1.47 bits per heavy atom. The molecule has 4 heteroatoms. The van der Waals surface area contributed by atoms with Crippen molar-refractivity contribution < 1.29 is 0 Å². The molecule has 0 fully saturated rings. The Labute approximate surface area is 110 Å². The summed E-state index contributed by atoms with van der Waals surface area (Å²) in [6.07, 6.45) is 4.61. The van der Waals surface area contributed by atoms with Crippen LogP contribution in [0.5, 0.6) is 0 Å². The van der Waals surface area contributed by atoms with Gasteiger partial charge < -0.3 is 10.3 Å². The molecule has 1 aromatic heterocycles. The van der Waals surface area contributed by atoms with E-state index < -0.39 is 0 Å². The molecule has 17 heavy (non-hydrogen) atoms. The molecule has 1 aromatic carbocycles. The Bertz CT molecular complexity index is 453. The lowest BCUT2D eigenvalue weighted by Gasteiger charge is -2.17. The molecule has 2 N–H and O–H groups in total. The molecule has 1 unspecified atom stereocenters. The van der Waals surface area contributed by atoms with Crippen LogP contribution in [0.1, 0.15) is 30.6 Å². The van der Waals surface area contributed by atoms with Crippen molar-refractivity contribution in [1.29, 1.82) is 0 Å². The van der Waals surface area contributed by atoms with Crippen LogP contribution in [0.15, 0.2) is 41.3 Å². The fourth-order valence-corrected chi connectivity index (χ4v) is 2.25. The quantitative estimate of drug-likeness (QED) is 0.887. The second kappa shape index (κ2) is 5.98. The molecule has 1 heterocycles. The highest BCUT2D eigenvalue weighted by Gasteiger charge is 2.08. The van der Waals surface area contributed by atoms with Crippen molar-refractivity contribution in [2.75, 3.05) is 0 Å². The van der Waals surface area contributed by atoms with Crippen molar-refractivity contribution >= 4 is 15.9 Å². The molecule has 0 aliphatic carbocycles. The topological polar surface area (TPSA) is 40.7 Å². The molecule has 0 aliphatic rings. The van der Waals surface area contributed by atoms with E-state index in [1.54, 1.807) is 6.33 Å². The highest BCUT2D eigenvalue weighted by atomic mass is 79.9. The highest BCUT2D eigenvalue weighted by Crippen LogP contribution is 2.20. The molecule has 0 saturated heterocycles. The molecule has 0 saturated carbocycles. The fourth-order valence-electron chi connectivity index (χ4n) is 1.84. The zero-order valence-corrected chi connectivity index (χ0v) is 11.4. The Kier molecular flexibility index (Phi) is 4.34. The molecule has 0 amide bonds. The minimum atomic E-state index is 0.371. The first-order chi connectivity index (χ1) is 8.29. The van der Waals surface area contributed by atoms with Crippen LogP contribution in [0.3, 0.4) is 0 Å². The predicted molar refractivity (Wildman–Crippen MR) is 72.6 cm³/mol. The SMILES string of the molecule is CCC(NCc1cnc[nH]1)c1cccc(Br)c1. The number of nitrogens with one attached hydrogen (secondary N) is 2.